The first-order valence-electron chi connectivity index (χ1n) is 6.21. The molecule has 2 aromatic rings. The first-order chi connectivity index (χ1) is 9.08. The second-order valence-electron chi connectivity index (χ2n) is 4.73. The number of hydrogen-bond donors (Lipinski definition) is 0. The fourth-order valence-corrected chi connectivity index (χ4v) is 2.75. The molecule has 3 heteroatoms. The lowest BCUT2D eigenvalue weighted by Gasteiger charge is -2.19. The normalized spacial score (nSPS) is 14.1. The standard InChI is InChI=1S/C16H15BrClF/c1-11(16(17)12-5-3-2-4-6-12)9-13-7-8-14(18)10-15(13)19/h2-8,10-11,16H,9H2,1H3. The van der Waals surface area contributed by atoms with Crippen molar-refractivity contribution in [2.75, 3.05) is 0 Å². The van der Waals surface area contributed by atoms with E-state index in [2.05, 4.69) is 35.0 Å². The molecule has 0 heterocycles. The highest BCUT2D eigenvalue weighted by Crippen LogP contribution is 2.33. The average Bonchev–Trinajstić information content (AvgIpc) is 2.42. The van der Waals surface area contributed by atoms with Gasteiger partial charge in [0.05, 0.1) is 0 Å². The van der Waals surface area contributed by atoms with E-state index in [0.29, 0.717) is 17.0 Å². The van der Waals surface area contributed by atoms with Crippen LogP contribution < -0.4 is 0 Å². The maximum atomic E-state index is 13.8. The van der Waals surface area contributed by atoms with Gasteiger partial charge in [-0.05, 0) is 35.6 Å². The molecule has 0 aliphatic rings. The van der Waals surface area contributed by atoms with Crippen molar-refractivity contribution in [3.8, 4) is 0 Å². The number of alkyl halides is 1. The Kier molecular flexibility index (Phi) is 5.00. The summed E-state index contributed by atoms with van der Waals surface area (Å²) in [6.45, 7) is 2.11. The lowest BCUT2D eigenvalue weighted by Crippen LogP contribution is -2.08. The van der Waals surface area contributed by atoms with E-state index in [1.54, 1.807) is 12.1 Å². The van der Waals surface area contributed by atoms with Crippen molar-refractivity contribution in [1.29, 1.82) is 0 Å². The maximum absolute atomic E-state index is 13.8. The molecule has 2 aromatic carbocycles. The molecule has 0 radical (unpaired) electrons. The van der Waals surface area contributed by atoms with E-state index in [1.807, 2.05) is 18.2 Å². The van der Waals surface area contributed by atoms with Crippen LogP contribution in [0.2, 0.25) is 5.02 Å². The molecule has 0 saturated heterocycles. The Morgan fingerprint density at radius 1 is 1.16 bits per heavy atom. The summed E-state index contributed by atoms with van der Waals surface area (Å²) in [5.41, 5.74) is 1.92. The number of halogens is 3. The van der Waals surface area contributed by atoms with Crippen LogP contribution in [-0.4, -0.2) is 0 Å². The fourth-order valence-electron chi connectivity index (χ4n) is 2.10. The Morgan fingerprint density at radius 3 is 2.47 bits per heavy atom. The second kappa shape index (κ2) is 6.53. The lowest BCUT2D eigenvalue weighted by molar-refractivity contribution is 0.539. The first-order valence-corrected chi connectivity index (χ1v) is 7.50. The molecule has 0 aliphatic heterocycles. The minimum Gasteiger partial charge on any atom is -0.207 e. The molecule has 0 amide bonds. The zero-order chi connectivity index (χ0) is 13.8. The minimum atomic E-state index is -0.230. The van der Waals surface area contributed by atoms with Crippen LogP contribution in [0.25, 0.3) is 0 Å². The molecule has 2 rings (SSSR count). The van der Waals surface area contributed by atoms with E-state index in [9.17, 15) is 4.39 Å². The third-order valence-corrected chi connectivity index (χ3v) is 4.84. The molecule has 2 unspecified atom stereocenters. The molecule has 100 valence electrons. The van der Waals surface area contributed by atoms with Crippen LogP contribution in [0.5, 0.6) is 0 Å². The second-order valence-corrected chi connectivity index (χ2v) is 6.15. The molecular formula is C16H15BrClF. The van der Waals surface area contributed by atoms with Crippen LogP contribution in [0.15, 0.2) is 48.5 Å². The molecular weight excluding hydrogens is 327 g/mol. The van der Waals surface area contributed by atoms with Gasteiger partial charge < -0.3 is 0 Å². The number of benzene rings is 2. The van der Waals surface area contributed by atoms with Crippen LogP contribution in [0.3, 0.4) is 0 Å². The van der Waals surface area contributed by atoms with E-state index in [0.717, 1.165) is 0 Å². The summed E-state index contributed by atoms with van der Waals surface area (Å²) in [5.74, 6) is 0.0604. The minimum absolute atomic E-state index is 0.212. The fraction of sp³-hybridized carbons (Fsp3) is 0.250. The molecule has 0 fully saturated rings. The Hall–Kier alpha value is -0.860. The number of hydrogen-bond acceptors (Lipinski definition) is 0. The van der Waals surface area contributed by atoms with Crippen molar-refractivity contribution in [3.05, 3.63) is 70.5 Å². The zero-order valence-corrected chi connectivity index (χ0v) is 13.0. The van der Waals surface area contributed by atoms with Crippen LogP contribution in [-0.2, 0) is 6.42 Å². The van der Waals surface area contributed by atoms with Crippen molar-refractivity contribution in [2.45, 2.75) is 18.2 Å². The lowest BCUT2D eigenvalue weighted by atomic mass is 9.94. The van der Waals surface area contributed by atoms with Gasteiger partial charge in [0.1, 0.15) is 5.82 Å². The molecule has 19 heavy (non-hydrogen) atoms. The van der Waals surface area contributed by atoms with Gasteiger partial charge in [0.2, 0.25) is 0 Å². The predicted octanol–water partition coefficient (Wildman–Crippen LogP) is 5.79. The highest BCUT2D eigenvalue weighted by Gasteiger charge is 2.17. The predicted molar refractivity (Wildman–Crippen MR) is 82.4 cm³/mol. The van der Waals surface area contributed by atoms with Gasteiger partial charge >= 0.3 is 0 Å². The summed E-state index contributed by atoms with van der Waals surface area (Å²) in [5, 5.41) is 0.437. The molecule has 0 aromatic heterocycles. The Balaban J connectivity index is 2.10. The maximum Gasteiger partial charge on any atom is 0.127 e. The summed E-state index contributed by atoms with van der Waals surface area (Å²) < 4.78 is 13.8. The van der Waals surface area contributed by atoms with Crippen LogP contribution in [0.1, 0.15) is 22.9 Å². The van der Waals surface area contributed by atoms with Gasteiger partial charge in [-0.25, -0.2) is 4.39 Å². The van der Waals surface area contributed by atoms with Gasteiger partial charge in [-0.3, -0.25) is 0 Å². The molecule has 0 nitrogen and oxygen atoms in total. The van der Waals surface area contributed by atoms with Gasteiger partial charge in [-0.1, -0.05) is 70.9 Å². The van der Waals surface area contributed by atoms with E-state index in [-0.39, 0.29) is 16.6 Å². The van der Waals surface area contributed by atoms with Crippen molar-refractivity contribution in [2.24, 2.45) is 5.92 Å². The molecule has 0 bridgehead atoms. The Morgan fingerprint density at radius 2 is 1.84 bits per heavy atom. The molecule has 2 atom stereocenters. The van der Waals surface area contributed by atoms with Crippen LogP contribution in [0.4, 0.5) is 4.39 Å². The van der Waals surface area contributed by atoms with Crippen LogP contribution >= 0.6 is 27.5 Å². The Bertz CT molecular complexity index is 542. The third-order valence-electron chi connectivity index (χ3n) is 3.17. The largest absolute Gasteiger partial charge is 0.207 e. The van der Waals surface area contributed by atoms with Gasteiger partial charge in [0.15, 0.2) is 0 Å². The SMILES string of the molecule is CC(Cc1ccc(Cl)cc1F)C(Br)c1ccccc1. The summed E-state index contributed by atoms with van der Waals surface area (Å²) in [4.78, 5) is 0.212. The van der Waals surface area contributed by atoms with Crippen molar-refractivity contribution in [1.82, 2.24) is 0 Å². The summed E-state index contributed by atoms with van der Waals surface area (Å²) >= 11 is 9.46. The van der Waals surface area contributed by atoms with Crippen molar-refractivity contribution < 1.29 is 4.39 Å². The Labute approximate surface area is 126 Å². The molecule has 0 saturated carbocycles. The monoisotopic (exact) mass is 340 g/mol. The van der Waals surface area contributed by atoms with E-state index in [1.165, 1.54) is 11.6 Å². The van der Waals surface area contributed by atoms with Crippen molar-refractivity contribution in [3.63, 3.8) is 0 Å². The molecule has 0 spiro atoms. The van der Waals surface area contributed by atoms with Gasteiger partial charge in [0.25, 0.3) is 0 Å². The highest BCUT2D eigenvalue weighted by molar-refractivity contribution is 9.09. The average molecular weight is 342 g/mol. The van der Waals surface area contributed by atoms with Crippen molar-refractivity contribution >= 4 is 27.5 Å². The van der Waals surface area contributed by atoms with E-state index >= 15 is 0 Å². The number of rotatable bonds is 4. The zero-order valence-electron chi connectivity index (χ0n) is 10.6. The van der Waals surface area contributed by atoms with Crippen LogP contribution in [0, 0.1) is 11.7 Å². The van der Waals surface area contributed by atoms with Gasteiger partial charge in [-0.15, -0.1) is 0 Å². The van der Waals surface area contributed by atoms with Gasteiger partial charge in [-0.2, -0.15) is 0 Å². The smallest absolute Gasteiger partial charge is 0.127 e. The molecule has 0 N–H and O–H groups in total. The first kappa shape index (κ1) is 14.5. The molecule has 0 aliphatic carbocycles. The third kappa shape index (κ3) is 3.80. The topological polar surface area (TPSA) is 0 Å². The summed E-state index contributed by atoms with van der Waals surface area (Å²) in [6.07, 6.45) is 0.674. The quantitative estimate of drug-likeness (QED) is 0.617. The van der Waals surface area contributed by atoms with Gasteiger partial charge in [0, 0.05) is 9.85 Å². The van der Waals surface area contributed by atoms with E-state index < -0.39 is 0 Å². The summed E-state index contributed by atoms with van der Waals surface area (Å²) in [6, 6.07) is 15.0. The summed E-state index contributed by atoms with van der Waals surface area (Å²) in [7, 11) is 0. The van der Waals surface area contributed by atoms with E-state index in [4.69, 9.17) is 11.6 Å². The highest BCUT2D eigenvalue weighted by atomic mass is 79.9.